The highest BCUT2D eigenvalue weighted by Gasteiger charge is 2.19. The van der Waals surface area contributed by atoms with Crippen molar-refractivity contribution in [3.63, 3.8) is 0 Å². The first-order chi connectivity index (χ1) is 8.00. The largest absolute Gasteiger partial charge is 0.481 e. The Hall–Kier alpha value is -1.62. The van der Waals surface area contributed by atoms with Crippen LogP contribution in [0.1, 0.15) is 19.8 Å². The predicted octanol–water partition coefficient (Wildman–Crippen LogP) is 0.888. The van der Waals surface area contributed by atoms with Gasteiger partial charge in [0.2, 0.25) is 0 Å². The fraction of sp³-hybridized carbons (Fsp3) is 0.500. The second kappa shape index (κ2) is 6.20. The van der Waals surface area contributed by atoms with Crippen molar-refractivity contribution in [2.24, 2.45) is 5.92 Å². The summed E-state index contributed by atoms with van der Waals surface area (Å²) in [6.07, 6.45) is 4.69. The molecule has 2 atom stereocenters. The summed E-state index contributed by atoms with van der Waals surface area (Å²) in [6, 6.07) is 0. The number of carbonyl (C=O) groups is 2. The Morgan fingerprint density at radius 2 is 2.29 bits per heavy atom. The standard InChI is InChI=1S/C12H16O5/c1-8(13)6-7-17-12(16)10-4-2-9(3-5-10)11(14)15/h2,4-5,8-9,13H,3,6-7H2,1H3,(H,14,15). The first kappa shape index (κ1) is 13.4. The van der Waals surface area contributed by atoms with Gasteiger partial charge in [-0.1, -0.05) is 18.2 Å². The topological polar surface area (TPSA) is 83.8 Å². The maximum absolute atomic E-state index is 11.5. The molecule has 0 aromatic carbocycles. The number of allylic oxidation sites excluding steroid dienone is 1. The van der Waals surface area contributed by atoms with E-state index < -0.39 is 24.0 Å². The number of aliphatic carboxylic acids is 1. The van der Waals surface area contributed by atoms with Gasteiger partial charge in [0.25, 0.3) is 0 Å². The third kappa shape index (κ3) is 4.40. The molecule has 1 aliphatic rings. The van der Waals surface area contributed by atoms with Crippen LogP contribution in [0, 0.1) is 5.92 Å². The fourth-order valence-corrected chi connectivity index (χ4v) is 1.36. The van der Waals surface area contributed by atoms with Crippen molar-refractivity contribution in [3.8, 4) is 0 Å². The predicted molar refractivity (Wildman–Crippen MR) is 60.2 cm³/mol. The molecule has 0 aliphatic heterocycles. The van der Waals surface area contributed by atoms with Crippen LogP contribution in [-0.2, 0) is 14.3 Å². The number of hydrogen-bond acceptors (Lipinski definition) is 4. The minimum Gasteiger partial charge on any atom is -0.481 e. The van der Waals surface area contributed by atoms with Gasteiger partial charge in [-0.05, 0) is 13.3 Å². The van der Waals surface area contributed by atoms with Gasteiger partial charge in [-0.25, -0.2) is 4.79 Å². The molecule has 0 amide bonds. The van der Waals surface area contributed by atoms with Crippen molar-refractivity contribution in [1.29, 1.82) is 0 Å². The van der Waals surface area contributed by atoms with Crippen LogP contribution < -0.4 is 0 Å². The fourth-order valence-electron chi connectivity index (χ4n) is 1.36. The summed E-state index contributed by atoms with van der Waals surface area (Å²) < 4.78 is 4.92. The molecule has 5 nitrogen and oxygen atoms in total. The molecule has 0 bridgehead atoms. The number of aliphatic hydroxyl groups excluding tert-OH is 1. The van der Waals surface area contributed by atoms with Gasteiger partial charge in [0.1, 0.15) is 0 Å². The Balaban J connectivity index is 2.40. The SMILES string of the molecule is CC(O)CCOC(=O)C1=CCC(C(=O)O)C=C1. The van der Waals surface area contributed by atoms with Crippen LogP contribution in [0.4, 0.5) is 0 Å². The number of hydrogen-bond donors (Lipinski definition) is 2. The zero-order valence-electron chi connectivity index (χ0n) is 9.63. The molecule has 94 valence electrons. The Kier molecular flexibility index (Phi) is 4.90. The minimum absolute atomic E-state index is 0.157. The average Bonchev–Trinajstić information content (AvgIpc) is 2.28. The molecule has 5 heteroatoms. The number of aliphatic hydroxyl groups is 1. The molecule has 0 aromatic rings. The van der Waals surface area contributed by atoms with E-state index in [0.29, 0.717) is 18.4 Å². The zero-order chi connectivity index (χ0) is 12.8. The van der Waals surface area contributed by atoms with Crippen LogP contribution in [0.15, 0.2) is 23.8 Å². The van der Waals surface area contributed by atoms with Crippen molar-refractivity contribution in [2.75, 3.05) is 6.61 Å². The molecule has 0 aromatic heterocycles. The highest BCUT2D eigenvalue weighted by Crippen LogP contribution is 2.17. The monoisotopic (exact) mass is 240 g/mol. The molecule has 1 rings (SSSR count). The van der Waals surface area contributed by atoms with Crippen LogP contribution in [0.25, 0.3) is 0 Å². The van der Waals surface area contributed by atoms with Crippen LogP contribution in [0.2, 0.25) is 0 Å². The van der Waals surface area contributed by atoms with E-state index in [9.17, 15) is 9.59 Å². The van der Waals surface area contributed by atoms with Gasteiger partial charge in [-0.2, -0.15) is 0 Å². The smallest absolute Gasteiger partial charge is 0.337 e. The molecule has 2 unspecified atom stereocenters. The number of carboxylic acids is 1. The molecule has 1 aliphatic carbocycles. The molecule has 0 radical (unpaired) electrons. The van der Waals surface area contributed by atoms with E-state index in [1.807, 2.05) is 0 Å². The van der Waals surface area contributed by atoms with Crippen LogP contribution in [-0.4, -0.2) is 34.9 Å². The van der Waals surface area contributed by atoms with Gasteiger partial charge in [0, 0.05) is 6.42 Å². The van der Waals surface area contributed by atoms with E-state index in [1.165, 1.54) is 12.2 Å². The van der Waals surface area contributed by atoms with Gasteiger partial charge < -0.3 is 14.9 Å². The van der Waals surface area contributed by atoms with E-state index in [4.69, 9.17) is 14.9 Å². The van der Waals surface area contributed by atoms with Crippen LogP contribution in [0.3, 0.4) is 0 Å². The number of carbonyl (C=O) groups excluding carboxylic acids is 1. The van der Waals surface area contributed by atoms with Crippen molar-refractivity contribution in [2.45, 2.75) is 25.9 Å². The minimum atomic E-state index is -0.904. The lowest BCUT2D eigenvalue weighted by Gasteiger charge is -2.12. The van der Waals surface area contributed by atoms with Crippen molar-refractivity contribution >= 4 is 11.9 Å². The quantitative estimate of drug-likeness (QED) is 0.697. The first-order valence-electron chi connectivity index (χ1n) is 5.47. The Morgan fingerprint density at radius 3 is 2.76 bits per heavy atom. The van der Waals surface area contributed by atoms with E-state index in [2.05, 4.69) is 0 Å². The third-order valence-electron chi connectivity index (χ3n) is 2.42. The van der Waals surface area contributed by atoms with E-state index in [0.717, 1.165) is 0 Å². The van der Waals surface area contributed by atoms with E-state index >= 15 is 0 Å². The highest BCUT2D eigenvalue weighted by atomic mass is 16.5. The normalized spacial score (nSPS) is 20.6. The molecule has 0 fully saturated rings. The maximum atomic E-state index is 11.5. The van der Waals surface area contributed by atoms with Crippen molar-refractivity contribution in [1.82, 2.24) is 0 Å². The molecule has 2 N–H and O–H groups in total. The van der Waals surface area contributed by atoms with Gasteiger partial charge in [0.15, 0.2) is 0 Å². The highest BCUT2D eigenvalue weighted by molar-refractivity contribution is 5.92. The number of esters is 1. The first-order valence-corrected chi connectivity index (χ1v) is 5.47. The zero-order valence-corrected chi connectivity index (χ0v) is 9.63. The Bertz CT molecular complexity index is 354. The lowest BCUT2D eigenvalue weighted by atomic mass is 9.97. The summed E-state index contributed by atoms with van der Waals surface area (Å²) in [4.78, 5) is 22.1. The van der Waals surface area contributed by atoms with Crippen LogP contribution >= 0.6 is 0 Å². The maximum Gasteiger partial charge on any atom is 0.337 e. The van der Waals surface area contributed by atoms with Crippen molar-refractivity contribution < 1.29 is 24.5 Å². The Morgan fingerprint density at radius 1 is 1.59 bits per heavy atom. The summed E-state index contributed by atoms with van der Waals surface area (Å²) in [5.74, 6) is -1.95. The molecular formula is C12H16O5. The lowest BCUT2D eigenvalue weighted by Crippen LogP contribution is -2.16. The second-order valence-electron chi connectivity index (χ2n) is 3.97. The molecule has 0 saturated carbocycles. The third-order valence-corrected chi connectivity index (χ3v) is 2.42. The lowest BCUT2D eigenvalue weighted by molar-refractivity contribution is -0.141. The van der Waals surface area contributed by atoms with E-state index in [1.54, 1.807) is 13.0 Å². The molecular weight excluding hydrogens is 224 g/mol. The van der Waals surface area contributed by atoms with Gasteiger partial charge in [0.05, 0.1) is 24.2 Å². The van der Waals surface area contributed by atoms with E-state index in [-0.39, 0.29) is 6.61 Å². The summed E-state index contributed by atoms with van der Waals surface area (Å²) in [6.45, 7) is 1.77. The van der Waals surface area contributed by atoms with Gasteiger partial charge >= 0.3 is 11.9 Å². The average molecular weight is 240 g/mol. The van der Waals surface area contributed by atoms with Crippen LogP contribution in [0.5, 0.6) is 0 Å². The summed E-state index contributed by atoms with van der Waals surface area (Å²) in [7, 11) is 0. The number of rotatable bonds is 5. The van der Waals surface area contributed by atoms with Gasteiger partial charge in [-0.15, -0.1) is 0 Å². The second-order valence-corrected chi connectivity index (χ2v) is 3.97. The van der Waals surface area contributed by atoms with Crippen molar-refractivity contribution in [3.05, 3.63) is 23.8 Å². The molecule has 0 heterocycles. The summed E-state index contributed by atoms with van der Waals surface area (Å²) in [5.41, 5.74) is 0.369. The Labute approximate surface area is 99.4 Å². The molecule has 17 heavy (non-hydrogen) atoms. The summed E-state index contributed by atoms with van der Waals surface area (Å²) in [5, 5.41) is 17.7. The van der Waals surface area contributed by atoms with Gasteiger partial charge in [-0.3, -0.25) is 4.79 Å². The molecule has 0 saturated heterocycles. The number of ether oxygens (including phenoxy) is 1. The number of carboxylic acid groups (broad SMARTS) is 1. The molecule has 0 spiro atoms. The summed E-state index contributed by atoms with van der Waals surface area (Å²) >= 11 is 0.